The Bertz CT molecular complexity index is 944. The van der Waals surface area contributed by atoms with Crippen molar-refractivity contribution in [2.24, 2.45) is 0 Å². The van der Waals surface area contributed by atoms with Gasteiger partial charge in [0, 0.05) is 11.1 Å². The second-order valence-corrected chi connectivity index (χ2v) is 7.70. The lowest BCUT2D eigenvalue weighted by molar-refractivity contribution is 0.102. The number of halogens is 1. The van der Waals surface area contributed by atoms with Gasteiger partial charge in [0.2, 0.25) is 5.16 Å². The van der Waals surface area contributed by atoms with E-state index in [1.54, 1.807) is 25.3 Å². The number of carbonyl (C=O) groups excluding carboxylic acids is 1. The fourth-order valence-electron chi connectivity index (χ4n) is 2.42. The summed E-state index contributed by atoms with van der Waals surface area (Å²) in [4.78, 5) is 16.9. The molecule has 0 bridgehead atoms. The monoisotopic (exact) mass is 461 g/mol. The summed E-state index contributed by atoms with van der Waals surface area (Å²) in [5.41, 5.74) is 1.52. The van der Waals surface area contributed by atoms with Crippen LogP contribution in [0.5, 0.6) is 11.5 Å². The lowest BCUT2D eigenvalue weighted by atomic mass is 10.1. The molecule has 8 heteroatoms. The van der Waals surface area contributed by atoms with Crippen LogP contribution in [0.4, 0.5) is 0 Å². The minimum absolute atomic E-state index is 0.00266. The third-order valence-corrected chi connectivity index (χ3v) is 5.34. The van der Waals surface area contributed by atoms with Gasteiger partial charge in [0.25, 0.3) is 0 Å². The number of thioether (sulfide) groups is 1. The molecule has 146 valence electrons. The maximum Gasteiger partial charge on any atom is 0.209 e. The van der Waals surface area contributed by atoms with Gasteiger partial charge in [-0.2, -0.15) is 0 Å². The molecular weight excluding hydrogens is 442 g/mol. The zero-order chi connectivity index (χ0) is 19.9. The summed E-state index contributed by atoms with van der Waals surface area (Å²) in [6, 6.07) is 12.9. The number of aromatic amines is 1. The lowest BCUT2D eigenvalue weighted by Gasteiger charge is -2.05. The SMILES string of the molecule is CCCOc1ccc(-c2nc(SCC(=O)c3ccc(OC)c(Br)c3)n[nH]2)cc1. The first-order chi connectivity index (χ1) is 13.6. The van der Waals surface area contributed by atoms with Crippen LogP contribution in [-0.4, -0.2) is 40.4 Å². The Balaban J connectivity index is 1.60. The minimum atomic E-state index is -0.00266. The number of nitrogens with one attached hydrogen (secondary N) is 1. The number of aromatic nitrogens is 3. The fourth-order valence-corrected chi connectivity index (χ4v) is 3.66. The van der Waals surface area contributed by atoms with Crippen molar-refractivity contribution in [2.75, 3.05) is 19.5 Å². The highest BCUT2D eigenvalue weighted by Gasteiger charge is 2.12. The van der Waals surface area contributed by atoms with Crippen LogP contribution in [0.3, 0.4) is 0 Å². The number of rotatable bonds is 9. The third-order valence-electron chi connectivity index (χ3n) is 3.87. The number of benzene rings is 2. The molecule has 28 heavy (non-hydrogen) atoms. The summed E-state index contributed by atoms with van der Waals surface area (Å²) in [6.45, 7) is 2.77. The van der Waals surface area contributed by atoms with Gasteiger partial charge in [0.05, 0.1) is 23.9 Å². The standard InChI is InChI=1S/C20H20BrN3O3S/c1-3-10-27-15-7-4-13(5-8-15)19-22-20(24-23-19)28-12-17(25)14-6-9-18(26-2)16(21)11-14/h4-9,11H,3,10,12H2,1-2H3,(H,22,23,24). The first kappa shape index (κ1) is 20.4. The number of carbonyl (C=O) groups is 1. The Morgan fingerprint density at radius 2 is 2.00 bits per heavy atom. The van der Waals surface area contributed by atoms with E-state index in [-0.39, 0.29) is 11.5 Å². The molecule has 6 nitrogen and oxygen atoms in total. The van der Waals surface area contributed by atoms with Gasteiger partial charge >= 0.3 is 0 Å². The molecule has 0 unspecified atom stereocenters. The summed E-state index contributed by atoms with van der Waals surface area (Å²) < 4.78 is 11.5. The van der Waals surface area contributed by atoms with Crippen molar-refractivity contribution in [2.45, 2.75) is 18.5 Å². The Morgan fingerprint density at radius 1 is 1.21 bits per heavy atom. The van der Waals surface area contributed by atoms with E-state index in [0.717, 1.165) is 22.2 Å². The van der Waals surface area contributed by atoms with E-state index < -0.39 is 0 Å². The number of nitrogens with zero attached hydrogens (tertiary/aromatic N) is 2. The number of ether oxygens (including phenoxy) is 2. The zero-order valence-corrected chi connectivity index (χ0v) is 18.0. The number of ketones is 1. The van der Waals surface area contributed by atoms with Crippen LogP contribution in [0.2, 0.25) is 0 Å². The molecule has 0 aliphatic carbocycles. The summed E-state index contributed by atoms with van der Waals surface area (Å²) in [5, 5.41) is 7.63. The van der Waals surface area contributed by atoms with Crippen molar-refractivity contribution < 1.29 is 14.3 Å². The molecule has 0 aliphatic rings. The van der Waals surface area contributed by atoms with Crippen molar-refractivity contribution in [3.63, 3.8) is 0 Å². The van der Waals surface area contributed by atoms with Crippen LogP contribution >= 0.6 is 27.7 Å². The molecule has 0 aliphatic heterocycles. The van der Waals surface area contributed by atoms with Crippen LogP contribution < -0.4 is 9.47 Å². The van der Waals surface area contributed by atoms with E-state index in [2.05, 4.69) is 38.0 Å². The maximum absolute atomic E-state index is 12.4. The number of Topliss-reactive ketones (excluding diaryl/α,β-unsaturated/α-hetero) is 1. The number of hydrogen-bond acceptors (Lipinski definition) is 6. The molecule has 1 heterocycles. The molecule has 0 radical (unpaired) electrons. The van der Waals surface area contributed by atoms with E-state index in [1.165, 1.54) is 11.8 Å². The van der Waals surface area contributed by atoms with Gasteiger partial charge in [-0.15, -0.1) is 5.10 Å². The lowest BCUT2D eigenvalue weighted by Crippen LogP contribution is -2.03. The van der Waals surface area contributed by atoms with Gasteiger partial charge in [-0.1, -0.05) is 18.7 Å². The van der Waals surface area contributed by atoms with Crippen LogP contribution in [0, 0.1) is 0 Å². The van der Waals surface area contributed by atoms with E-state index in [1.807, 2.05) is 24.3 Å². The average Bonchev–Trinajstić information content (AvgIpc) is 3.20. The van der Waals surface area contributed by atoms with E-state index >= 15 is 0 Å². The molecule has 0 atom stereocenters. The Kier molecular flexibility index (Phi) is 7.11. The van der Waals surface area contributed by atoms with Gasteiger partial charge in [0.1, 0.15) is 11.5 Å². The Hall–Kier alpha value is -2.32. The number of hydrogen-bond donors (Lipinski definition) is 1. The molecule has 0 fully saturated rings. The fraction of sp³-hybridized carbons (Fsp3) is 0.250. The first-order valence-electron chi connectivity index (χ1n) is 8.76. The van der Waals surface area contributed by atoms with E-state index in [4.69, 9.17) is 9.47 Å². The van der Waals surface area contributed by atoms with Crippen molar-refractivity contribution in [1.82, 2.24) is 15.2 Å². The molecule has 0 saturated heterocycles. The molecular formula is C20H20BrN3O3S. The van der Waals surface area contributed by atoms with Gasteiger partial charge in [-0.3, -0.25) is 9.89 Å². The molecule has 1 aromatic heterocycles. The molecule has 1 N–H and O–H groups in total. The second-order valence-electron chi connectivity index (χ2n) is 5.90. The largest absolute Gasteiger partial charge is 0.496 e. The highest BCUT2D eigenvalue weighted by molar-refractivity contribution is 9.10. The molecule has 2 aromatic carbocycles. The molecule has 0 saturated carbocycles. The first-order valence-corrected chi connectivity index (χ1v) is 10.5. The van der Waals surface area contributed by atoms with Crippen molar-refractivity contribution >= 4 is 33.5 Å². The Labute approximate surface area is 176 Å². The predicted molar refractivity (Wildman–Crippen MR) is 113 cm³/mol. The van der Waals surface area contributed by atoms with Gasteiger partial charge in [-0.25, -0.2) is 4.98 Å². The van der Waals surface area contributed by atoms with Crippen LogP contribution in [0.25, 0.3) is 11.4 Å². The topological polar surface area (TPSA) is 77.1 Å². The zero-order valence-electron chi connectivity index (χ0n) is 15.6. The predicted octanol–water partition coefficient (Wildman–Crippen LogP) is 5.01. The number of H-pyrrole nitrogens is 1. The van der Waals surface area contributed by atoms with Gasteiger partial charge in [-0.05, 0) is 64.8 Å². The minimum Gasteiger partial charge on any atom is -0.496 e. The van der Waals surface area contributed by atoms with Gasteiger partial charge < -0.3 is 9.47 Å². The smallest absolute Gasteiger partial charge is 0.209 e. The van der Waals surface area contributed by atoms with Crippen molar-refractivity contribution in [1.29, 1.82) is 0 Å². The second kappa shape index (κ2) is 9.75. The number of methoxy groups -OCH3 is 1. The Morgan fingerprint density at radius 3 is 2.68 bits per heavy atom. The summed E-state index contributed by atoms with van der Waals surface area (Å²) in [7, 11) is 1.59. The average molecular weight is 462 g/mol. The normalized spacial score (nSPS) is 10.7. The van der Waals surface area contributed by atoms with Crippen molar-refractivity contribution in [3.8, 4) is 22.9 Å². The molecule has 0 amide bonds. The van der Waals surface area contributed by atoms with E-state index in [0.29, 0.717) is 28.9 Å². The van der Waals surface area contributed by atoms with Crippen LogP contribution in [-0.2, 0) is 0 Å². The third kappa shape index (κ3) is 5.14. The summed E-state index contributed by atoms with van der Waals surface area (Å²) in [6.07, 6.45) is 0.969. The van der Waals surface area contributed by atoms with Crippen molar-refractivity contribution in [3.05, 3.63) is 52.5 Å². The summed E-state index contributed by atoms with van der Waals surface area (Å²) in [5.74, 6) is 2.42. The quantitative estimate of drug-likeness (QED) is 0.356. The molecule has 3 aromatic rings. The summed E-state index contributed by atoms with van der Waals surface area (Å²) >= 11 is 4.69. The highest BCUT2D eigenvalue weighted by atomic mass is 79.9. The van der Waals surface area contributed by atoms with Crippen LogP contribution in [0.15, 0.2) is 52.1 Å². The van der Waals surface area contributed by atoms with Crippen LogP contribution in [0.1, 0.15) is 23.7 Å². The highest BCUT2D eigenvalue weighted by Crippen LogP contribution is 2.27. The molecule has 0 spiro atoms. The maximum atomic E-state index is 12.4. The molecule has 3 rings (SSSR count). The van der Waals surface area contributed by atoms with E-state index in [9.17, 15) is 4.79 Å². The van der Waals surface area contributed by atoms with Gasteiger partial charge in [0.15, 0.2) is 11.6 Å².